The van der Waals surface area contributed by atoms with E-state index in [0.29, 0.717) is 23.6 Å². The van der Waals surface area contributed by atoms with Gasteiger partial charge in [0.25, 0.3) is 0 Å². The highest BCUT2D eigenvalue weighted by atomic mass is 16.1. The fourth-order valence-electron chi connectivity index (χ4n) is 2.61. The molecule has 7 nitrogen and oxygen atoms in total. The van der Waals surface area contributed by atoms with Crippen molar-refractivity contribution in [2.24, 2.45) is 0 Å². The Hall–Kier alpha value is -1.89. The summed E-state index contributed by atoms with van der Waals surface area (Å²) in [5.41, 5.74) is 0.326. The smallest absolute Gasteiger partial charge is 0.349 e. The van der Waals surface area contributed by atoms with Crippen LogP contribution < -0.4 is 11.0 Å². The van der Waals surface area contributed by atoms with Gasteiger partial charge in [-0.25, -0.2) is 19.3 Å². The lowest BCUT2D eigenvalue weighted by molar-refractivity contribution is 0.182. The number of nitrogens with one attached hydrogen (secondary N) is 2. The van der Waals surface area contributed by atoms with Crippen molar-refractivity contribution < 1.29 is 0 Å². The van der Waals surface area contributed by atoms with E-state index in [1.54, 1.807) is 13.0 Å². The number of fused-ring (bicyclic) bond motifs is 1. The predicted octanol–water partition coefficient (Wildman–Crippen LogP) is 1.26. The highest BCUT2D eigenvalue weighted by Gasteiger charge is 2.13. The molecule has 0 amide bonds. The molecule has 0 aliphatic heterocycles. The largest absolute Gasteiger partial charge is 0.369 e. The van der Waals surface area contributed by atoms with Crippen molar-refractivity contribution in [3.05, 3.63) is 22.4 Å². The molecule has 0 unspecified atom stereocenters. The third-order valence-electron chi connectivity index (χ3n) is 3.57. The Morgan fingerprint density at radius 1 is 1.33 bits per heavy atom. The first-order valence-corrected chi connectivity index (χ1v) is 7.34. The third-order valence-corrected chi connectivity index (χ3v) is 3.57. The molecule has 0 bridgehead atoms. The van der Waals surface area contributed by atoms with Crippen LogP contribution in [0.2, 0.25) is 0 Å². The number of anilines is 1. The fraction of sp³-hybridized carbons (Fsp3) is 0.643. The van der Waals surface area contributed by atoms with E-state index >= 15 is 0 Å². The zero-order valence-corrected chi connectivity index (χ0v) is 13.3. The summed E-state index contributed by atoms with van der Waals surface area (Å²) in [4.78, 5) is 18.4. The maximum absolute atomic E-state index is 11.5. The Balaban J connectivity index is 2.05. The minimum Gasteiger partial charge on any atom is -0.369 e. The van der Waals surface area contributed by atoms with E-state index in [9.17, 15) is 4.79 Å². The van der Waals surface area contributed by atoms with Crippen LogP contribution in [0.15, 0.2) is 10.9 Å². The molecule has 2 N–H and O–H groups in total. The molecule has 7 heteroatoms. The number of rotatable bonds is 6. The van der Waals surface area contributed by atoms with Crippen LogP contribution >= 0.6 is 0 Å². The van der Waals surface area contributed by atoms with Gasteiger partial charge in [0.1, 0.15) is 11.6 Å². The number of nitrogens with zero attached hydrogens (tertiary/aromatic N) is 4. The van der Waals surface area contributed by atoms with Crippen LogP contribution in [0.1, 0.15) is 33.5 Å². The second-order valence-electron chi connectivity index (χ2n) is 5.76. The normalized spacial score (nSPS) is 12.0. The van der Waals surface area contributed by atoms with E-state index in [-0.39, 0.29) is 5.69 Å². The summed E-state index contributed by atoms with van der Waals surface area (Å²) in [5.74, 6) is 1.37. The van der Waals surface area contributed by atoms with E-state index in [0.717, 1.165) is 18.9 Å². The van der Waals surface area contributed by atoms with Crippen LogP contribution in [-0.2, 0) is 0 Å². The molecule has 2 heterocycles. The maximum Gasteiger partial charge on any atom is 0.349 e. The summed E-state index contributed by atoms with van der Waals surface area (Å²) in [6, 6.07) is 2.79. The van der Waals surface area contributed by atoms with Crippen LogP contribution in [0.25, 0.3) is 5.65 Å². The van der Waals surface area contributed by atoms with Gasteiger partial charge in [0, 0.05) is 31.2 Å². The monoisotopic (exact) mass is 292 g/mol. The molecule has 0 radical (unpaired) electrons. The van der Waals surface area contributed by atoms with Crippen molar-refractivity contribution >= 4 is 11.5 Å². The SMILES string of the molecule is Cc1nc(NCCN(C(C)C)C(C)C)cc2n[nH]c(=O)n12. The van der Waals surface area contributed by atoms with E-state index in [1.165, 1.54) is 4.40 Å². The topological polar surface area (TPSA) is 78.3 Å². The number of H-pyrrole nitrogens is 1. The minimum atomic E-state index is -0.257. The van der Waals surface area contributed by atoms with Gasteiger partial charge >= 0.3 is 5.69 Å². The molecule has 0 spiro atoms. The third kappa shape index (κ3) is 3.41. The number of aryl methyl sites for hydroxylation is 1. The molecule has 0 saturated carbocycles. The minimum absolute atomic E-state index is 0.257. The number of aromatic amines is 1. The zero-order chi connectivity index (χ0) is 15.6. The van der Waals surface area contributed by atoms with E-state index in [2.05, 4.69) is 53.1 Å². The van der Waals surface area contributed by atoms with Gasteiger partial charge in [0.15, 0.2) is 5.65 Å². The average Bonchev–Trinajstić information content (AvgIpc) is 2.75. The molecular formula is C14H24N6O. The summed E-state index contributed by atoms with van der Waals surface area (Å²) >= 11 is 0. The second-order valence-corrected chi connectivity index (χ2v) is 5.76. The van der Waals surface area contributed by atoms with Gasteiger partial charge in [-0.2, -0.15) is 5.10 Å². The molecule has 2 rings (SSSR count). The van der Waals surface area contributed by atoms with Crippen LogP contribution in [-0.4, -0.2) is 49.7 Å². The van der Waals surface area contributed by atoms with Crippen molar-refractivity contribution in [2.45, 2.75) is 46.7 Å². The van der Waals surface area contributed by atoms with Crippen LogP contribution in [0.5, 0.6) is 0 Å². The van der Waals surface area contributed by atoms with E-state index in [4.69, 9.17) is 0 Å². The Morgan fingerprint density at radius 3 is 2.62 bits per heavy atom. The second kappa shape index (κ2) is 6.26. The van der Waals surface area contributed by atoms with Crippen molar-refractivity contribution in [2.75, 3.05) is 18.4 Å². The molecule has 0 fully saturated rings. The van der Waals surface area contributed by atoms with Crippen molar-refractivity contribution in [1.29, 1.82) is 0 Å². The van der Waals surface area contributed by atoms with Gasteiger partial charge in [0.05, 0.1) is 0 Å². The highest BCUT2D eigenvalue weighted by Crippen LogP contribution is 2.09. The Bertz CT molecular complexity index is 649. The van der Waals surface area contributed by atoms with Gasteiger partial charge in [0.2, 0.25) is 0 Å². The molecule has 0 saturated heterocycles. The molecule has 0 aliphatic rings. The van der Waals surface area contributed by atoms with Crippen molar-refractivity contribution in [3.8, 4) is 0 Å². The average molecular weight is 292 g/mol. The highest BCUT2D eigenvalue weighted by molar-refractivity contribution is 5.49. The van der Waals surface area contributed by atoms with Gasteiger partial charge in [-0.05, 0) is 34.6 Å². The molecule has 0 aromatic carbocycles. The van der Waals surface area contributed by atoms with Gasteiger partial charge < -0.3 is 5.32 Å². The first-order valence-electron chi connectivity index (χ1n) is 7.34. The summed E-state index contributed by atoms with van der Waals surface area (Å²) < 4.78 is 1.46. The fourth-order valence-corrected chi connectivity index (χ4v) is 2.61. The van der Waals surface area contributed by atoms with Crippen molar-refractivity contribution in [1.82, 2.24) is 24.5 Å². The molecular weight excluding hydrogens is 268 g/mol. The number of hydrogen-bond acceptors (Lipinski definition) is 5. The molecule has 116 valence electrons. The first-order chi connectivity index (χ1) is 9.90. The van der Waals surface area contributed by atoms with Crippen LogP contribution in [0, 0.1) is 6.92 Å². The van der Waals surface area contributed by atoms with Crippen LogP contribution in [0.3, 0.4) is 0 Å². The lowest BCUT2D eigenvalue weighted by atomic mass is 10.2. The molecule has 2 aromatic rings. The molecule has 2 aromatic heterocycles. The Morgan fingerprint density at radius 2 is 2.00 bits per heavy atom. The maximum atomic E-state index is 11.5. The lowest BCUT2D eigenvalue weighted by Gasteiger charge is -2.30. The lowest BCUT2D eigenvalue weighted by Crippen LogP contribution is -2.40. The number of hydrogen-bond donors (Lipinski definition) is 2. The van der Waals surface area contributed by atoms with Gasteiger partial charge in [-0.1, -0.05) is 0 Å². The van der Waals surface area contributed by atoms with E-state index < -0.39 is 0 Å². The molecule has 21 heavy (non-hydrogen) atoms. The zero-order valence-electron chi connectivity index (χ0n) is 13.3. The molecule has 0 aliphatic carbocycles. The quantitative estimate of drug-likeness (QED) is 0.838. The van der Waals surface area contributed by atoms with Gasteiger partial charge in [-0.3, -0.25) is 4.90 Å². The standard InChI is InChI=1S/C14H24N6O/c1-9(2)19(10(3)4)7-6-15-12-8-13-17-18-14(21)20(13)11(5)16-12/h8-10,15H,6-7H2,1-5H3,(H,18,21). The van der Waals surface area contributed by atoms with Crippen molar-refractivity contribution in [3.63, 3.8) is 0 Å². The van der Waals surface area contributed by atoms with Crippen LogP contribution in [0.4, 0.5) is 5.82 Å². The summed E-state index contributed by atoms with van der Waals surface area (Å²) in [7, 11) is 0. The van der Waals surface area contributed by atoms with Gasteiger partial charge in [-0.15, -0.1) is 0 Å². The summed E-state index contributed by atoms with van der Waals surface area (Å²) in [6.45, 7) is 12.3. The predicted molar refractivity (Wildman–Crippen MR) is 83.8 cm³/mol. The Labute approximate surface area is 124 Å². The molecule has 0 atom stereocenters. The van der Waals surface area contributed by atoms with E-state index in [1.807, 2.05) is 0 Å². The first kappa shape index (κ1) is 15.5. The summed E-state index contributed by atoms with van der Waals surface area (Å²) in [6.07, 6.45) is 0. The Kier molecular flexibility index (Phi) is 4.62. The number of aromatic nitrogens is 4. The summed E-state index contributed by atoms with van der Waals surface area (Å²) in [5, 5.41) is 9.71.